The molecule has 0 N–H and O–H groups in total. The van der Waals surface area contributed by atoms with E-state index in [9.17, 15) is 0 Å². The highest BCUT2D eigenvalue weighted by molar-refractivity contribution is 6.20. The van der Waals surface area contributed by atoms with E-state index < -0.39 is 0 Å². The number of nitriles is 1. The quantitative estimate of drug-likeness (QED) is 0.382. The fraction of sp³-hybridized carbons (Fsp3) is 0.536. The summed E-state index contributed by atoms with van der Waals surface area (Å²) in [5.74, 6) is 0.719. The SMILES string of the molecule is CC#N.CCN(CCc1ccccc1)C(C)CCc1ccc(C2CCC(Cl)CC2)cc1. The standard InChI is InChI=1S/C26H36ClN.C2H3N/c1-3-28(20-19-22-7-5-4-6-8-22)21(2)9-10-23-11-13-24(14-12-23)25-15-17-26(27)18-16-25;1-2-3/h4-8,11-14,21,25-26H,3,9-10,15-20H2,1-2H3;1H3. The molecule has 3 heteroatoms. The van der Waals surface area contributed by atoms with Gasteiger partial charge in [0.15, 0.2) is 0 Å². The van der Waals surface area contributed by atoms with Crippen molar-refractivity contribution in [2.75, 3.05) is 13.1 Å². The van der Waals surface area contributed by atoms with E-state index in [2.05, 4.69) is 73.3 Å². The lowest BCUT2D eigenvalue weighted by molar-refractivity contribution is 0.212. The summed E-state index contributed by atoms with van der Waals surface area (Å²) in [6.45, 7) is 8.36. The molecule has 168 valence electrons. The highest BCUT2D eigenvalue weighted by atomic mass is 35.5. The zero-order chi connectivity index (χ0) is 22.5. The highest BCUT2D eigenvalue weighted by Crippen LogP contribution is 2.34. The van der Waals surface area contributed by atoms with Crippen LogP contribution in [0.15, 0.2) is 54.6 Å². The minimum Gasteiger partial charge on any atom is -0.301 e. The van der Waals surface area contributed by atoms with Gasteiger partial charge in [0.05, 0.1) is 6.07 Å². The molecular weight excluding hydrogens is 400 g/mol. The fourth-order valence-corrected chi connectivity index (χ4v) is 4.76. The van der Waals surface area contributed by atoms with Gasteiger partial charge in [-0.25, -0.2) is 0 Å². The van der Waals surface area contributed by atoms with Crippen LogP contribution >= 0.6 is 11.6 Å². The zero-order valence-electron chi connectivity index (χ0n) is 19.6. The molecule has 2 aromatic carbocycles. The molecule has 1 aliphatic carbocycles. The number of likely N-dealkylation sites (N-methyl/N-ethyl adjacent to an activating group) is 1. The molecular formula is C28H39ClN2. The van der Waals surface area contributed by atoms with Crippen molar-refractivity contribution >= 4 is 11.6 Å². The molecule has 0 saturated heterocycles. The molecule has 0 heterocycles. The molecule has 1 unspecified atom stereocenters. The van der Waals surface area contributed by atoms with Gasteiger partial charge < -0.3 is 4.90 Å². The van der Waals surface area contributed by atoms with Crippen molar-refractivity contribution in [3.63, 3.8) is 0 Å². The van der Waals surface area contributed by atoms with Gasteiger partial charge in [0.1, 0.15) is 0 Å². The molecule has 0 amide bonds. The number of hydrogen-bond acceptors (Lipinski definition) is 2. The number of halogens is 1. The van der Waals surface area contributed by atoms with E-state index in [1.54, 1.807) is 6.07 Å². The van der Waals surface area contributed by atoms with Gasteiger partial charge in [0.25, 0.3) is 0 Å². The molecule has 2 aromatic rings. The Hall–Kier alpha value is -1.82. The number of hydrogen-bond donors (Lipinski definition) is 0. The van der Waals surface area contributed by atoms with Crippen LogP contribution in [0, 0.1) is 11.3 Å². The molecule has 2 nitrogen and oxygen atoms in total. The van der Waals surface area contributed by atoms with Gasteiger partial charge in [-0.3, -0.25) is 0 Å². The molecule has 1 saturated carbocycles. The number of benzene rings is 2. The van der Waals surface area contributed by atoms with E-state index in [4.69, 9.17) is 16.9 Å². The third-order valence-corrected chi connectivity index (χ3v) is 6.96. The van der Waals surface area contributed by atoms with Crippen molar-refractivity contribution in [2.45, 2.75) is 83.1 Å². The summed E-state index contributed by atoms with van der Waals surface area (Å²) in [6, 6.07) is 22.7. The van der Waals surface area contributed by atoms with Gasteiger partial charge in [-0.05, 0) is 81.0 Å². The Labute approximate surface area is 195 Å². The van der Waals surface area contributed by atoms with Gasteiger partial charge >= 0.3 is 0 Å². The molecule has 0 aliphatic heterocycles. The summed E-state index contributed by atoms with van der Waals surface area (Å²) in [5, 5.41) is 7.72. The lowest BCUT2D eigenvalue weighted by Crippen LogP contribution is -2.35. The maximum atomic E-state index is 7.32. The first-order chi connectivity index (χ1) is 15.1. The summed E-state index contributed by atoms with van der Waals surface area (Å²) in [6.07, 6.45) is 8.35. The highest BCUT2D eigenvalue weighted by Gasteiger charge is 2.20. The minimum absolute atomic E-state index is 0.403. The summed E-state index contributed by atoms with van der Waals surface area (Å²) < 4.78 is 0. The largest absolute Gasteiger partial charge is 0.301 e. The van der Waals surface area contributed by atoms with Gasteiger partial charge in [0, 0.05) is 24.9 Å². The number of rotatable bonds is 9. The van der Waals surface area contributed by atoms with E-state index in [0.717, 1.165) is 31.8 Å². The van der Waals surface area contributed by atoms with Crippen LogP contribution in [-0.4, -0.2) is 29.4 Å². The van der Waals surface area contributed by atoms with Crippen LogP contribution < -0.4 is 0 Å². The number of nitrogens with zero attached hydrogens (tertiary/aromatic N) is 2. The Morgan fingerprint density at radius 3 is 2.13 bits per heavy atom. The van der Waals surface area contributed by atoms with E-state index in [-0.39, 0.29) is 0 Å². The molecule has 1 fully saturated rings. The Balaban J connectivity index is 0.00000107. The van der Waals surface area contributed by atoms with Crippen LogP contribution in [0.3, 0.4) is 0 Å². The Morgan fingerprint density at radius 2 is 1.55 bits per heavy atom. The lowest BCUT2D eigenvalue weighted by Gasteiger charge is -2.28. The second-order valence-corrected chi connectivity index (χ2v) is 9.28. The monoisotopic (exact) mass is 438 g/mol. The van der Waals surface area contributed by atoms with Gasteiger partial charge in [-0.2, -0.15) is 5.26 Å². The zero-order valence-corrected chi connectivity index (χ0v) is 20.3. The van der Waals surface area contributed by atoms with Crippen molar-refractivity contribution in [1.82, 2.24) is 4.90 Å². The predicted octanol–water partition coefficient (Wildman–Crippen LogP) is 7.37. The van der Waals surface area contributed by atoms with Crippen LogP contribution in [0.4, 0.5) is 0 Å². The molecule has 0 aromatic heterocycles. The Morgan fingerprint density at radius 1 is 0.968 bits per heavy atom. The first-order valence-corrected chi connectivity index (χ1v) is 12.3. The topological polar surface area (TPSA) is 27.0 Å². The number of alkyl halides is 1. The first-order valence-electron chi connectivity index (χ1n) is 11.9. The average molecular weight is 439 g/mol. The maximum Gasteiger partial charge on any atom is 0.0587 e. The summed E-state index contributed by atoms with van der Waals surface area (Å²) >= 11 is 6.26. The van der Waals surface area contributed by atoms with Crippen molar-refractivity contribution < 1.29 is 0 Å². The van der Waals surface area contributed by atoms with E-state index in [0.29, 0.717) is 11.4 Å². The van der Waals surface area contributed by atoms with Crippen molar-refractivity contribution in [3.8, 4) is 6.07 Å². The Bertz CT molecular complexity index is 758. The van der Waals surface area contributed by atoms with Crippen LogP contribution in [-0.2, 0) is 12.8 Å². The third kappa shape index (κ3) is 9.06. The molecule has 1 atom stereocenters. The van der Waals surface area contributed by atoms with Crippen molar-refractivity contribution in [3.05, 3.63) is 71.3 Å². The average Bonchev–Trinajstić information content (AvgIpc) is 2.80. The second-order valence-electron chi connectivity index (χ2n) is 8.67. The van der Waals surface area contributed by atoms with Crippen molar-refractivity contribution in [2.24, 2.45) is 0 Å². The second kappa shape index (κ2) is 14.3. The maximum absolute atomic E-state index is 7.32. The third-order valence-electron chi connectivity index (χ3n) is 6.52. The Kier molecular flexibility index (Phi) is 11.7. The first kappa shape index (κ1) is 25.4. The number of aryl methyl sites for hydroxylation is 1. The lowest BCUT2D eigenvalue weighted by atomic mass is 9.83. The summed E-state index contributed by atoms with van der Waals surface area (Å²) in [5.41, 5.74) is 4.42. The predicted molar refractivity (Wildman–Crippen MR) is 134 cm³/mol. The smallest absolute Gasteiger partial charge is 0.0587 e. The summed E-state index contributed by atoms with van der Waals surface area (Å²) in [7, 11) is 0. The van der Waals surface area contributed by atoms with E-state index in [1.165, 1.54) is 55.7 Å². The molecule has 3 rings (SSSR count). The molecule has 31 heavy (non-hydrogen) atoms. The molecule has 1 aliphatic rings. The van der Waals surface area contributed by atoms with Crippen LogP contribution in [0.2, 0.25) is 0 Å². The van der Waals surface area contributed by atoms with Crippen LogP contribution in [0.25, 0.3) is 0 Å². The molecule has 0 radical (unpaired) electrons. The minimum atomic E-state index is 0.403. The van der Waals surface area contributed by atoms with Crippen molar-refractivity contribution in [1.29, 1.82) is 5.26 Å². The van der Waals surface area contributed by atoms with Crippen LogP contribution in [0.1, 0.15) is 75.5 Å². The summed E-state index contributed by atoms with van der Waals surface area (Å²) in [4.78, 5) is 2.62. The van der Waals surface area contributed by atoms with Gasteiger partial charge in [0.2, 0.25) is 0 Å². The van der Waals surface area contributed by atoms with Gasteiger partial charge in [-0.1, -0.05) is 61.5 Å². The van der Waals surface area contributed by atoms with Gasteiger partial charge in [-0.15, -0.1) is 11.6 Å². The molecule has 0 bridgehead atoms. The molecule has 0 spiro atoms. The van der Waals surface area contributed by atoms with E-state index >= 15 is 0 Å². The van der Waals surface area contributed by atoms with Crippen LogP contribution in [0.5, 0.6) is 0 Å². The van der Waals surface area contributed by atoms with E-state index in [1.807, 2.05) is 0 Å². The fourth-order valence-electron chi connectivity index (χ4n) is 4.51. The normalized spacial score (nSPS) is 19.2.